The van der Waals surface area contributed by atoms with Crippen LogP contribution in [0.3, 0.4) is 0 Å². The van der Waals surface area contributed by atoms with Crippen LogP contribution in [0.5, 0.6) is 0 Å². The van der Waals surface area contributed by atoms with Gasteiger partial charge in [-0.05, 0) is 78.5 Å². The highest BCUT2D eigenvalue weighted by Crippen LogP contribution is 2.41. The molecule has 1 aliphatic rings. The lowest BCUT2D eigenvalue weighted by molar-refractivity contribution is 0.151. The van der Waals surface area contributed by atoms with Crippen molar-refractivity contribution in [3.63, 3.8) is 0 Å². The maximum absolute atomic E-state index is 13.3. The molecular weight excluding hydrogens is 443 g/mol. The van der Waals surface area contributed by atoms with E-state index in [1.54, 1.807) is 17.0 Å². The van der Waals surface area contributed by atoms with Crippen molar-refractivity contribution in [1.29, 1.82) is 5.41 Å². The maximum Gasteiger partial charge on any atom is 0.317 e. The van der Waals surface area contributed by atoms with Crippen LogP contribution in [0.2, 0.25) is 0 Å². The normalized spacial score (nSPS) is 16.9. The molecule has 4 N–H and O–H groups in total. The Morgan fingerprint density at radius 3 is 2.60 bits per heavy atom. The third kappa shape index (κ3) is 6.82. The summed E-state index contributed by atoms with van der Waals surface area (Å²) in [5.74, 6) is 0.321. The summed E-state index contributed by atoms with van der Waals surface area (Å²) in [5.41, 5.74) is 3.18. The van der Waals surface area contributed by atoms with Crippen LogP contribution < -0.4 is 10.6 Å². The number of aliphatic hydroxyl groups excluding tert-OH is 1. The van der Waals surface area contributed by atoms with Gasteiger partial charge in [-0.2, -0.15) is 0 Å². The summed E-state index contributed by atoms with van der Waals surface area (Å²) in [6, 6.07) is 12.0. The van der Waals surface area contributed by atoms with E-state index in [1.165, 1.54) is 18.3 Å². The largest absolute Gasteiger partial charge is 0.394 e. The highest BCUT2D eigenvalue weighted by Gasteiger charge is 2.34. The molecule has 0 aliphatic carbocycles. The van der Waals surface area contributed by atoms with Gasteiger partial charge in [0.05, 0.1) is 12.6 Å². The van der Waals surface area contributed by atoms with Crippen molar-refractivity contribution in [3.8, 4) is 0 Å². The smallest absolute Gasteiger partial charge is 0.317 e. The lowest BCUT2D eigenvalue weighted by Gasteiger charge is -2.37. The van der Waals surface area contributed by atoms with Gasteiger partial charge in [0.25, 0.3) is 0 Å². The predicted octanol–water partition coefficient (Wildman–Crippen LogP) is 5.89. The minimum atomic E-state index is -0.291. The molecule has 2 aromatic carbocycles. The number of nitrogens with zero attached hydrogens (tertiary/aromatic N) is 1. The zero-order chi connectivity index (χ0) is 25.6. The van der Waals surface area contributed by atoms with Crippen LogP contribution >= 0.6 is 0 Å². The highest BCUT2D eigenvalue weighted by atomic mass is 19.1. The zero-order valence-electron chi connectivity index (χ0n) is 21.3. The molecule has 0 saturated carbocycles. The summed E-state index contributed by atoms with van der Waals surface area (Å²) < 4.78 is 13.3. The second-order valence-electron chi connectivity index (χ2n) is 10.6. The first-order chi connectivity index (χ1) is 16.6. The molecule has 190 valence electrons. The van der Waals surface area contributed by atoms with Gasteiger partial charge in [-0.25, -0.2) is 9.18 Å². The van der Waals surface area contributed by atoms with Crippen molar-refractivity contribution in [2.24, 2.45) is 11.3 Å². The van der Waals surface area contributed by atoms with Crippen molar-refractivity contribution in [2.75, 3.05) is 25.0 Å². The minimum absolute atomic E-state index is 0.00249. The second-order valence-corrected chi connectivity index (χ2v) is 10.6. The van der Waals surface area contributed by atoms with Crippen LogP contribution in [-0.4, -0.2) is 48.0 Å². The van der Waals surface area contributed by atoms with Gasteiger partial charge in [-0.3, -0.25) is 0 Å². The average Bonchev–Trinajstić information content (AvgIpc) is 3.32. The Labute approximate surface area is 208 Å². The number of rotatable bonds is 10. The predicted molar refractivity (Wildman–Crippen MR) is 140 cm³/mol. The monoisotopic (exact) mass is 482 g/mol. The first kappa shape index (κ1) is 26.7. The van der Waals surface area contributed by atoms with Gasteiger partial charge in [-0.15, -0.1) is 0 Å². The number of aliphatic hydroxyl groups is 1. The molecule has 2 amide bonds. The number of nitrogens with one attached hydrogen (secondary N) is 3. The molecule has 1 fully saturated rings. The molecule has 3 rings (SSSR count). The standard InChI is InChI=1S/C28H39FN4O2/c1-19(2)14-25(28(3,4)18-31-27(35)33-13-5-6-24(33)17-34)20-7-12-26(21(15-20)16-30)32-23-10-8-22(29)9-11-23/h7-12,15-16,19,24-25,30,32,34H,5-6,13-14,17-18H2,1-4H3,(H,31,35)/t24-,25?/m1/s1. The number of likely N-dealkylation sites (tertiary alicyclic amines) is 1. The molecule has 2 aromatic rings. The molecule has 1 saturated heterocycles. The van der Waals surface area contributed by atoms with Gasteiger partial charge < -0.3 is 26.0 Å². The van der Waals surface area contributed by atoms with Crippen molar-refractivity contribution in [3.05, 3.63) is 59.4 Å². The van der Waals surface area contributed by atoms with E-state index >= 15 is 0 Å². The van der Waals surface area contributed by atoms with Crippen LogP contribution in [0.15, 0.2) is 42.5 Å². The summed E-state index contributed by atoms with van der Waals surface area (Å²) in [5, 5.41) is 23.9. The quantitative estimate of drug-likeness (QED) is 0.319. The Bertz CT molecular complexity index is 1010. The number of hydrogen-bond acceptors (Lipinski definition) is 4. The maximum atomic E-state index is 13.3. The summed E-state index contributed by atoms with van der Waals surface area (Å²) in [4.78, 5) is 14.6. The number of urea groups is 1. The average molecular weight is 483 g/mol. The molecule has 7 heteroatoms. The Morgan fingerprint density at radius 2 is 1.97 bits per heavy atom. The summed E-state index contributed by atoms with van der Waals surface area (Å²) in [6.07, 6.45) is 4.03. The lowest BCUT2D eigenvalue weighted by atomic mass is 9.71. The van der Waals surface area contributed by atoms with Crippen LogP contribution in [0.4, 0.5) is 20.6 Å². The second kappa shape index (κ2) is 11.7. The van der Waals surface area contributed by atoms with Gasteiger partial charge in [0.2, 0.25) is 0 Å². The summed E-state index contributed by atoms with van der Waals surface area (Å²) in [6.45, 7) is 9.91. The van der Waals surface area contributed by atoms with E-state index in [-0.39, 0.29) is 35.8 Å². The van der Waals surface area contributed by atoms with E-state index in [1.807, 2.05) is 12.1 Å². The molecule has 1 unspecified atom stereocenters. The molecule has 0 radical (unpaired) electrons. The summed E-state index contributed by atoms with van der Waals surface area (Å²) >= 11 is 0. The van der Waals surface area contributed by atoms with Gasteiger partial charge >= 0.3 is 6.03 Å². The van der Waals surface area contributed by atoms with Gasteiger partial charge in [0.1, 0.15) is 5.82 Å². The van der Waals surface area contributed by atoms with Crippen molar-refractivity contribution >= 4 is 23.6 Å². The third-order valence-electron chi connectivity index (χ3n) is 6.95. The van der Waals surface area contributed by atoms with Crippen molar-refractivity contribution < 1.29 is 14.3 Å². The Balaban J connectivity index is 1.79. The van der Waals surface area contributed by atoms with Crippen molar-refractivity contribution in [1.82, 2.24) is 10.2 Å². The molecule has 35 heavy (non-hydrogen) atoms. The molecule has 2 atom stereocenters. The SMILES string of the molecule is CC(C)CC(c1ccc(Nc2ccc(F)cc2)c(C=N)c1)C(C)(C)CNC(=O)N1CCC[C@@H]1CO. The van der Waals surface area contributed by atoms with Crippen molar-refractivity contribution in [2.45, 2.75) is 58.9 Å². The molecule has 0 bridgehead atoms. The number of carbonyl (C=O) groups excluding carboxylic acids is 1. The topological polar surface area (TPSA) is 88.5 Å². The van der Waals surface area contributed by atoms with E-state index < -0.39 is 0 Å². The number of halogens is 1. The molecular formula is C28H39FN4O2. The fourth-order valence-corrected chi connectivity index (χ4v) is 4.92. The van der Waals surface area contributed by atoms with E-state index in [0.29, 0.717) is 19.0 Å². The van der Waals surface area contributed by atoms with Crippen LogP contribution in [0.1, 0.15) is 64.0 Å². The number of hydrogen-bond donors (Lipinski definition) is 4. The molecule has 1 aliphatic heterocycles. The van der Waals surface area contributed by atoms with Gasteiger partial charge in [0, 0.05) is 36.2 Å². The number of anilines is 2. The van der Waals surface area contributed by atoms with E-state index in [4.69, 9.17) is 5.41 Å². The first-order valence-corrected chi connectivity index (χ1v) is 12.5. The number of carbonyl (C=O) groups is 1. The molecule has 0 aromatic heterocycles. The minimum Gasteiger partial charge on any atom is -0.394 e. The Kier molecular flexibility index (Phi) is 8.89. The zero-order valence-corrected chi connectivity index (χ0v) is 21.3. The Hall–Kier alpha value is -2.93. The van der Waals surface area contributed by atoms with Gasteiger partial charge in [0.15, 0.2) is 0 Å². The van der Waals surface area contributed by atoms with Crippen LogP contribution in [-0.2, 0) is 0 Å². The fraction of sp³-hybridized carbons (Fsp3) is 0.500. The molecule has 0 spiro atoms. The Morgan fingerprint density at radius 1 is 1.26 bits per heavy atom. The highest BCUT2D eigenvalue weighted by molar-refractivity contribution is 5.87. The summed E-state index contributed by atoms with van der Waals surface area (Å²) in [7, 11) is 0. The first-order valence-electron chi connectivity index (χ1n) is 12.5. The number of amides is 2. The van der Waals surface area contributed by atoms with Gasteiger partial charge in [-0.1, -0.05) is 33.8 Å². The van der Waals surface area contributed by atoms with E-state index in [2.05, 4.69) is 44.4 Å². The van der Waals surface area contributed by atoms with Crippen LogP contribution in [0.25, 0.3) is 0 Å². The van der Waals surface area contributed by atoms with E-state index in [0.717, 1.165) is 41.8 Å². The molecule has 6 nitrogen and oxygen atoms in total. The third-order valence-corrected chi connectivity index (χ3v) is 6.95. The van der Waals surface area contributed by atoms with E-state index in [9.17, 15) is 14.3 Å². The fourth-order valence-electron chi connectivity index (χ4n) is 4.92. The number of benzene rings is 2. The lowest BCUT2D eigenvalue weighted by Crippen LogP contribution is -2.47. The molecule has 1 heterocycles. The van der Waals surface area contributed by atoms with Crippen LogP contribution in [0, 0.1) is 22.6 Å².